The molecule has 0 radical (unpaired) electrons. The predicted octanol–water partition coefficient (Wildman–Crippen LogP) is 4.73. The number of thiophene rings is 1. The molecule has 2 aromatic heterocycles. The minimum absolute atomic E-state index is 0.0681. The molecule has 0 bridgehead atoms. The number of nitrogens with one attached hydrogen (secondary N) is 2. The Morgan fingerprint density at radius 3 is 2.36 bits per heavy atom. The number of ether oxygens (including phenoxy) is 3. The van der Waals surface area contributed by atoms with Crippen LogP contribution in [-0.4, -0.2) is 64.1 Å². The van der Waals surface area contributed by atoms with Gasteiger partial charge in [0.2, 0.25) is 5.91 Å². The van der Waals surface area contributed by atoms with Crippen molar-refractivity contribution in [1.82, 2.24) is 20.1 Å². The summed E-state index contributed by atoms with van der Waals surface area (Å²) in [6.45, 7) is 7.10. The van der Waals surface area contributed by atoms with Crippen LogP contribution >= 0.6 is 23.1 Å². The molecular weight excluding hydrogens is 619 g/mol. The Morgan fingerprint density at radius 2 is 1.64 bits per heavy atom. The maximum Gasteiger partial charge on any atom is 0.348 e. The van der Waals surface area contributed by atoms with Crippen molar-refractivity contribution in [3.8, 4) is 11.4 Å². The smallest absolute Gasteiger partial charge is 0.348 e. The summed E-state index contributed by atoms with van der Waals surface area (Å²) in [7, 11) is 0. The van der Waals surface area contributed by atoms with Crippen molar-refractivity contribution in [2.45, 2.75) is 39.4 Å². The van der Waals surface area contributed by atoms with Gasteiger partial charge in [0, 0.05) is 5.69 Å². The average Bonchev–Trinajstić information content (AvgIpc) is 3.58. The Morgan fingerprint density at radius 1 is 0.911 bits per heavy atom. The van der Waals surface area contributed by atoms with E-state index in [4.69, 9.17) is 14.2 Å². The first kappa shape index (κ1) is 33.2. The molecule has 2 aromatic carbocycles. The molecule has 0 unspecified atom stereocenters. The summed E-state index contributed by atoms with van der Waals surface area (Å²) in [5, 5.41) is 14.7. The van der Waals surface area contributed by atoms with E-state index in [1.807, 2.05) is 49.4 Å². The molecule has 0 spiro atoms. The molecule has 2 heterocycles. The first-order chi connectivity index (χ1) is 21.7. The zero-order valence-electron chi connectivity index (χ0n) is 25.2. The van der Waals surface area contributed by atoms with Gasteiger partial charge in [-0.25, -0.2) is 9.59 Å². The predicted molar refractivity (Wildman–Crippen MR) is 170 cm³/mol. The third kappa shape index (κ3) is 8.70. The number of thioether (sulfide) groups is 1. The average molecular weight is 652 g/mol. The lowest BCUT2D eigenvalue weighted by Crippen LogP contribution is -2.29. The Kier molecular flexibility index (Phi) is 11.7. The van der Waals surface area contributed by atoms with Gasteiger partial charge in [-0.3, -0.25) is 14.2 Å². The van der Waals surface area contributed by atoms with Crippen LogP contribution in [-0.2, 0) is 25.6 Å². The van der Waals surface area contributed by atoms with E-state index in [1.165, 1.54) is 0 Å². The molecule has 4 aromatic rings. The highest BCUT2D eigenvalue weighted by molar-refractivity contribution is 7.99. The zero-order chi connectivity index (χ0) is 32.3. The lowest BCUT2D eigenvalue weighted by atomic mass is 10.1. The Balaban J connectivity index is 1.49. The molecule has 0 atom stereocenters. The van der Waals surface area contributed by atoms with Gasteiger partial charge < -0.3 is 24.8 Å². The number of carbonyl (C=O) groups is 4. The summed E-state index contributed by atoms with van der Waals surface area (Å²) in [5.41, 5.74) is 2.24. The second-order valence-corrected chi connectivity index (χ2v) is 11.5. The number of para-hydroxylation sites is 1. The summed E-state index contributed by atoms with van der Waals surface area (Å²) < 4.78 is 17.6. The van der Waals surface area contributed by atoms with Crippen LogP contribution in [0.15, 0.2) is 59.8 Å². The first-order valence-corrected chi connectivity index (χ1v) is 15.9. The molecular formula is C31H33N5O7S2. The van der Waals surface area contributed by atoms with Gasteiger partial charge in [-0.1, -0.05) is 42.1 Å². The summed E-state index contributed by atoms with van der Waals surface area (Å²) in [4.78, 5) is 51.0. The Bertz CT molecular complexity index is 1670. The largest absolute Gasteiger partial charge is 0.484 e. The molecule has 0 saturated heterocycles. The number of aromatic nitrogens is 3. The second-order valence-electron chi connectivity index (χ2n) is 9.49. The molecule has 2 N–H and O–H groups in total. The van der Waals surface area contributed by atoms with Crippen LogP contribution in [0.2, 0.25) is 0 Å². The van der Waals surface area contributed by atoms with Gasteiger partial charge in [0.1, 0.15) is 15.6 Å². The number of nitrogens with zero attached hydrogens (tertiary/aromatic N) is 3. The van der Waals surface area contributed by atoms with E-state index in [1.54, 1.807) is 37.5 Å². The molecule has 0 aliphatic heterocycles. The number of hydrogen-bond donors (Lipinski definition) is 2. The molecule has 14 heteroatoms. The third-order valence-corrected chi connectivity index (χ3v) is 8.31. The van der Waals surface area contributed by atoms with Crippen molar-refractivity contribution in [3.05, 3.63) is 82.0 Å². The third-order valence-electron chi connectivity index (χ3n) is 6.19. The fourth-order valence-electron chi connectivity index (χ4n) is 4.16. The van der Waals surface area contributed by atoms with Crippen LogP contribution < -0.4 is 15.4 Å². The van der Waals surface area contributed by atoms with E-state index in [2.05, 4.69) is 20.8 Å². The first-order valence-electron chi connectivity index (χ1n) is 14.1. The number of hydrogen-bond acceptors (Lipinski definition) is 11. The highest BCUT2D eigenvalue weighted by atomic mass is 32.2. The van der Waals surface area contributed by atoms with E-state index in [0.717, 1.165) is 34.3 Å². The molecule has 236 valence electrons. The summed E-state index contributed by atoms with van der Waals surface area (Å²) in [5.74, 6) is -1.06. The number of esters is 2. The van der Waals surface area contributed by atoms with Crippen molar-refractivity contribution in [1.29, 1.82) is 0 Å². The van der Waals surface area contributed by atoms with Crippen LogP contribution in [0.1, 0.15) is 50.8 Å². The van der Waals surface area contributed by atoms with E-state index >= 15 is 0 Å². The SMILES string of the molecule is CCOC(=O)c1sc(NC(=O)CSc2nnc(CNC(=O)COc3ccccc3)n2-c2cccc(C)c2)c(C(=O)OCC)c1C. The van der Waals surface area contributed by atoms with Crippen LogP contribution in [0.5, 0.6) is 5.75 Å². The normalized spacial score (nSPS) is 10.7. The van der Waals surface area contributed by atoms with Gasteiger partial charge in [0.05, 0.1) is 31.1 Å². The van der Waals surface area contributed by atoms with E-state index in [0.29, 0.717) is 22.3 Å². The summed E-state index contributed by atoms with van der Waals surface area (Å²) >= 11 is 2.08. The molecule has 45 heavy (non-hydrogen) atoms. The van der Waals surface area contributed by atoms with Crippen molar-refractivity contribution < 1.29 is 33.4 Å². The highest BCUT2D eigenvalue weighted by Crippen LogP contribution is 2.35. The maximum absolute atomic E-state index is 13.1. The molecule has 0 aliphatic carbocycles. The molecule has 2 amide bonds. The molecule has 0 saturated carbocycles. The van der Waals surface area contributed by atoms with Crippen LogP contribution in [0.4, 0.5) is 5.00 Å². The van der Waals surface area contributed by atoms with Gasteiger partial charge in [-0.2, -0.15) is 0 Å². The van der Waals surface area contributed by atoms with Gasteiger partial charge in [-0.05, 0) is 63.1 Å². The van der Waals surface area contributed by atoms with Crippen LogP contribution in [0, 0.1) is 13.8 Å². The Labute approximate surface area is 268 Å². The minimum Gasteiger partial charge on any atom is -0.484 e. The van der Waals surface area contributed by atoms with E-state index in [-0.39, 0.29) is 53.5 Å². The molecule has 12 nitrogen and oxygen atoms in total. The number of amides is 2. The van der Waals surface area contributed by atoms with Crippen molar-refractivity contribution in [2.24, 2.45) is 0 Å². The van der Waals surface area contributed by atoms with Crippen LogP contribution in [0.25, 0.3) is 5.69 Å². The van der Waals surface area contributed by atoms with Crippen molar-refractivity contribution in [2.75, 3.05) is 30.9 Å². The van der Waals surface area contributed by atoms with Crippen molar-refractivity contribution in [3.63, 3.8) is 0 Å². The van der Waals surface area contributed by atoms with Gasteiger partial charge in [0.25, 0.3) is 5.91 Å². The zero-order valence-corrected chi connectivity index (χ0v) is 26.9. The quantitative estimate of drug-likeness (QED) is 0.145. The van der Waals surface area contributed by atoms with E-state index < -0.39 is 17.8 Å². The van der Waals surface area contributed by atoms with E-state index in [9.17, 15) is 19.2 Å². The Hall–Kier alpha value is -4.69. The number of aryl methyl sites for hydroxylation is 1. The molecule has 0 aliphatic rings. The number of carbonyl (C=O) groups excluding carboxylic acids is 4. The van der Waals surface area contributed by atoms with Gasteiger partial charge >= 0.3 is 11.9 Å². The van der Waals surface area contributed by atoms with Crippen molar-refractivity contribution >= 4 is 51.9 Å². The fourth-order valence-corrected chi connectivity index (χ4v) is 6.04. The lowest BCUT2D eigenvalue weighted by Gasteiger charge is -2.12. The lowest BCUT2D eigenvalue weighted by molar-refractivity contribution is -0.123. The molecule has 0 fully saturated rings. The van der Waals surface area contributed by atoms with Gasteiger partial charge in [0.15, 0.2) is 17.6 Å². The van der Waals surface area contributed by atoms with Gasteiger partial charge in [-0.15, -0.1) is 21.5 Å². The summed E-state index contributed by atoms with van der Waals surface area (Å²) in [6.07, 6.45) is 0. The van der Waals surface area contributed by atoms with Crippen LogP contribution in [0.3, 0.4) is 0 Å². The minimum atomic E-state index is -0.648. The molecule has 4 rings (SSSR count). The standard InChI is InChI=1S/C31H33N5O7S2/c1-5-41-29(39)26-20(4)27(30(40)42-6-2)45-28(26)33-25(38)18-44-31-35-34-23(36(31)21-12-10-11-19(3)15-21)16-32-24(37)17-43-22-13-8-7-9-14-22/h7-15H,5-6,16-18H2,1-4H3,(H,32,37)(H,33,38). The second kappa shape index (κ2) is 15.9. The monoisotopic (exact) mass is 651 g/mol. The fraction of sp³-hybridized carbons (Fsp3) is 0.290. The summed E-state index contributed by atoms with van der Waals surface area (Å²) in [6, 6.07) is 16.7. The number of anilines is 1. The maximum atomic E-state index is 13.1. The number of rotatable bonds is 14. The number of benzene rings is 2. The highest BCUT2D eigenvalue weighted by Gasteiger charge is 2.27. The topological polar surface area (TPSA) is 151 Å².